The second kappa shape index (κ2) is 47.6. The van der Waals surface area contributed by atoms with Crippen LogP contribution in [0.15, 0.2) is 0 Å². The number of nitrogens with zero attached hydrogens (tertiary/aromatic N) is 2. The van der Waals surface area contributed by atoms with Gasteiger partial charge in [-0.25, -0.2) is 0 Å². The first-order valence-corrected chi connectivity index (χ1v) is 25.8. The van der Waals surface area contributed by atoms with Gasteiger partial charge in [0.2, 0.25) is 0 Å². The van der Waals surface area contributed by atoms with E-state index in [2.05, 4.69) is 128 Å². The van der Waals surface area contributed by atoms with Crippen molar-refractivity contribution < 1.29 is 33.2 Å². The molecule has 0 unspecified atom stereocenters. The van der Waals surface area contributed by atoms with Gasteiger partial charge in [0, 0.05) is 39.4 Å². The molecule has 4 aliphatic rings. The Morgan fingerprint density at radius 3 is 0.951 bits per heavy atom. The summed E-state index contributed by atoms with van der Waals surface area (Å²) in [6, 6.07) is 0. The number of likely N-dealkylation sites (tertiary alicyclic amines) is 1. The molecule has 0 N–H and O–H groups in total. The summed E-state index contributed by atoms with van der Waals surface area (Å²) in [6.07, 6.45) is 21.9. The molecule has 61 heavy (non-hydrogen) atoms. The molecule has 2 aliphatic carbocycles. The lowest BCUT2D eigenvalue weighted by Gasteiger charge is -2.30. The van der Waals surface area contributed by atoms with Gasteiger partial charge in [-0.3, -0.25) is 4.90 Å². The first-order valence-electron chi connectivity index (χ1n) is 25.8. The lowest BCUT2D eigenvalue weighted by molar-refractivity contribution is -0.0120. The Kier molecular flexibility index (Phi) is 50.7. The van der Waals surface area contributed by atoms with Gasteiger partial charge in [0.1, 0.15) is 0 Å². The van der Waals surface area contributed by atoms with Crippen molar-refractivity contribution in [1.82, 2.24) is 9.80 Å². The standard InChI is InChI=1S/C9H19NO2.2C9H18O.C8H17NO.2C6H14O.C5H12/c1-9(2)12-8-5-10-3-6-11-7-4-10;2*1-8(2)10-9-6-4-3-5-7-9;1-8(2)10-7-6-9-4-3-5-9;2*1-4-5-7-6(2)3;1-4-5(2)3/h9H,3-8H2,1-2H3;2*8-9H,3-7H2,1-2H3;8H,3-7H2,1-2H3;2*6H,4-5H2,1-3H3;5H,4H2,1-3H3. The summed E-state index contributed by atoms with van der Waals surface area (Å²) >= 11 is 0. The average molecular weight is 877 g/mol. The number of hydrogen-bond acceptors (Lipinski definition) is 9. The number of ether oxygens (including phenoxy) is 7. The maximum atomic E-state index is 5.69. The van der Waals surface area contributed by atoms with E-state index in [0.717, 1.165) is 84.6 Å². The second-order valence-electron chi connectivity index (χ2n) is 19.0. The van der Waals surface area contributed by atoms with Crippen LogP contribution in [0.4, 0.5) is 0 Å². The molecule has 0 spiro atoms. The van der Waals surface area contributed by atoms with Crippen molar-refractivity contribution in [2.75, 3.05) is 78.9 Å². The third-order valence-corrected chi connectivity index (χ3v) is 9.93. The second-order valence-corrected chi connectivity index (χ2v) is 19.0. The molecule has 4 rings (SSSR count). The molecule has 2 saturated heterocycles. The van der Waals surface area contributed by atoms with Crippen molar-refractivity contribution in [3.8, 4) is 0 Å². The third kappa shape index (κ3) is 55.7. The van der Waals surface area contributed by atoms with Crippen molar-refractivity contribution in [3.05, 3.63) is 0 Å². The van der Waals surface area contributed by atoms with Crippen LogP contribution in [0.5, 0.6) is 0 Å². The highest BCUT2D eigenvalue weighted by Gasteiger charge is 2.15. The van der Waals surface area contributed by atoms with Gasteiger partial charge in [0.25, 0.3) is 0 Å². The summed E-state index contributed by atoms with van der Waals surface area (Å²) in [7, 11) is 0. The Balaban J connectivity index is -0.000000654. The minimum Gasteiger partial charge on any atom is -0.379 e. The Morgan fingerprint density at radius 2 is 0.721 bits per heavy atom. The van der Waals surface area contributed by atoms with Crippen molar-refractivity contribution in [2.45, 2.75) is 256 Å². The predicted octanol–water partition coefficient (Wildman–Crippen LogP) is 13.0. The Morgan fingerprint density at radius 1 is 0.410 bits per heavy atom. The average Bonchev–Trinajstić information content (AvgIpc) is 3.19. The highest BCUT2D eigenvalue weighted by Crippen LogP contribution is 2.22. The molecule has 9 nitrogen and oxygen atoms in total. The fourth-order valence-electron chi connectivity index (χ4n) is 6.14. The largest absolute Gasteiger partial charge is 0.379 e. The van der Waals surface area contributed by atoms with Crippen LogP contribution in [0.3, 0.4) is 0 Å². The lowest BCUT2D eigenvalue weighted by Crippen LogP contribution is -2.39. The summed E-state index contributed by atoms with van der Waals surface area (Å²) in [6.45, 7) is 48.0. The molecule has 4 fully saturated rings. The minimum atomic E-state index is 0.353. The van der Waals surface area contributed by atoms with Crippen molar-refractivity contribution in [3.63, 3.8) is 0 Å². The molecular formula is C52H112N2O7. The van der Waals surface area contributed by atoms with Crippen molar-refractivity contribution in [1.29, 1.82) is 0 Å². The van der Waals surface area contributed by atoms with E-state index in [1.807, 2.05) is 0 Å². The van der Waals surface area contributed by atoms with Crippen LogP contribution in [-0.4, -0.2) is 138 Å². The van der Waals surface area contributed by atoms with Gasteiger partial charge in [0.05, 0.1) is 75.3 Å². The monoisotopic (exact) mass is 877 g/mol. The lowest BCUT2D eigenvalue weighted by atomic mass is 9.98. The molecule has 0 radical (unpaired) electrons. The number of morpholine rings is 1. The summed E-state index contributed by atoms with van der Waals surface area (Å²) in [5, 5.41) is 0. The van der Waals surface area contributed by atoms with Gasteiger partial charge in [-0.05, 0) is 147 Å². The van der Waals surface area contributed by atoms with E-state index in [9.17, 15) is 0 Å². The van der Waals surface area contributed by atoms with Crippen molar-refractivity contribution >= 4 is 0 Å². The molecule has 0 bridgehead atoms. The fraction of sp³-hybridized carbons (Fsp3) is 1.00. The third-order valence-electron chi connectivity index (χ3n) is 9.93. The summed E-state index contributed by atoms with van der Waals surface area (Å²) in [4.78, 5) is 4.80. The predicted molar refractivity (Wildman–Crippen MR) is 265 cm³/mol. The Bertz CT molecular complexity index is 770. The van der Waals surface area contributed by atoms with E-state index in [0.29, 0.717) is 48.8 Å². The Hall–Kier alpha value is -0.360. The Labute approximate surface area is 383 Å². The molecule has 0 aromatic heterocycles. The topological polar surface area (TPSA) is 71.1 Å². The molecule has 372 valence electrons. The van der Waals surface area contributed by atoms with Crippen LogP contribution in [0.1, 0.15) is 208 Å². The molecule has 2 aliphatic heterocycles. The minimum absolute atomic E-state index is 0.353. The van der Waals surface area contributed by atoms with Crippen LogP contribution in [0, 0.1) is 5.92 Å². The first-order chi connectivity index (χ1) is 29.0. The number of rotatable bonds is 19. The summed E-state index contributed by atoms with van der Waals surface area (Å²) in [5.41, 5.74) is 0. The van der Waals surface area contributed by atoms with Gasteiger partial charge in [-0.1, -0.05) is 79.6 Å². The molecule has 0 atom stereocenters. The van der Waals surface area contributed by atoms with E-state index in [4.69, 9.17) is 33.2 Å². The van der Waals surface area contributed by atoms with E-state index < -0.39 is 0 Å². The van der Waals surface area contributed by atoms with Crippen molar-refractivity contribution in [2.24, 2.45) is 5.92 Å². The molecule has 9 heteroatoms. The van der Waals surface area contributed by atoms with Crippen LogP contribution in [0.2, 0.25) is 0 Å². The molecule has 0 amide bonds. The van der Waals surface area contributed by atoms with E-state index >= 15 is 0 Å². The highest BCUT2D eigenvalue weighted by atomic mass is 16.5. The molecule has 0 aromatic carbocycles. The van der Waals surface area contributed by atoms with Gasteiger partial charge >= 0.3 is 0 Å². The summed E-state index contributed by atoms with van der Waals surface area (Å²) in [5.74, 6) is 0.884. The van der Waals surface area contributed by atoms with Gasteiger partial charge in [-0.15, -0.1) is 0 Å². The van der Waals surface area contributed by atoms with Gasteiger partial charge < -0.3 is 38.1 Å². The van der Waals surface area contributed by atoms with Crippen LogP contribution in [0.25, 0.3) is 0 Å². The van der Waals surface area contributed by atoms with Crippen LogP contribution in [-0.2, 0) is 33.2 Å². The SMILES string of the molecule is CC(C)OC1CCCCC1.CC(C)OC1CCCCC1.CC(C)OCCN1CCC1.CC(C)OCCN1CCOCC1.CCC(C)C.CCCOC(C)C.CCCOC(C)C. The zero-order valence-electron chi connectivity index (χ0n) is 44.3. The molecular weight excluding hydrogens is 765 g/mol. The fourth-order valence-corrected chi connectivity index (χ4v) is 6.14. The van der Waals surface area contributed by atoms with E-state index in [1.165, 1.54) is 90.1 Å². The smallest absolute Gasteiger partial charge is 0.0596 e. The van der Waals surface area contributed by atoms with E-state index in [-0.39, 0.29) is 0 Å². The molecule has 2 heterocycles. The first kappa shape index (κ1) is 64.9. The maximum absolute atomic E-state index is 5.69. The van der Waals surface area contributed by atoms with Gasteiger partial charge in [-0.2, -0.15) is 0 Å². The van der Waals surface area contributed by atoms with Crippen LogP contribution < -0.4 is 0 Å². The zero-order chi connectivity index (χ0) is 46.7. The van der Waals surface area contributed by atoms with E-state index in [1.54, 1.807) is 0 Å². The van der Waals surface area contributed by atoms with Gasteiger partial charge in [0.15, 0.2) is 0 Å². The van der Waals surface area contributed by atoms with Crippen LogP contribution >= 0.6 is 0 Å². The number of hydrogen-bond donors (Lipinski definition) is 0. The normalized spacial score (nSPS) is 17.5. The summed E-state index contributed by atoms with van der Waals surface area (Å²) < 4.78 is 37.9. The molecule has 2 saturated carbocycles. The zero-order valence-corrected chi connectivity index (χ0v) is 44.3. The quantitative estimate of drug-likeness (QED) is 0.126. The molecule has 0 aromatic rings. The maximum Gasteiger partial charge on any atom is 0.0596 e. The highest BCUT2D eigenvalue weighted by molar-refractivity contribution is 4.68.